The minimum Gasteiger partial charge on any atom is -0.368 e. The van der Waals surface area contributed by atoms with Crippen molar-refractivity contribution in [1.82, 2.24) is 14.6 Å². The van der Waals surface area contributed by atoms with E-state index in [4.69, 9.17) is 23.2 Å². The number of aromatic nitrogens is 1. The number of carbonyl (C=O) groups excluding carboxylic acids is 1. The van der Waals surface area contributed by atoms with Gasteiger partial charge in [0.2, 0.25) is 0 Å². The van der Waals surface area contributed by atoms with E-state index in [0.29, 0.717) is 26.9 Å². The summed E-state index contributed by atoms with van der Waals surface area (Å²) in [7, 11) is 0. The Morgan fingerprint density at radius 1 is 1.18 bits per heavy atom. The van der Waals surface area contributed by atoms with Gasteiger partial charge in [0.05, 0.1) is 15.7 Å². The van der Waals surface area contributed by atoms with E-state index in [-0.39, 0.29) is 5.91 Å². The van der Waals surface area contributed by atoms with Crippen LogP contribution in [0.15, 0.2) is 30.5 Å². The molecule has 1 aliphatic carbocycles. The quantitative estimate of drug-likeness (QED) is 0.734. The molecule has 1 saturated carbocycles. The number of anilines is 1. The summed E-state index contributed by atoms with van der Waals surface area (Å²) in [5.41, 5.74) is 1.03. The number of nitrogens with zero attached hydrogens (tertiary/aromatic N) is 3. The normalized spacial score (nSPS) is 22.7. The van der Waals surface area contributed by atoms with E-state index in [2.05, 4.69) is 19.5 Å². The van der Waals surface area contributed by atoms with Gasteiger partial charge < -0.3 is 10.2 Å². The maximum absolute atomic E-state index is 12.0. The lowest BCUT2D eigenvalue weighted by atomic mass is 9.78. The standard InChI is InChI=1S/C20H24Cl2N4OS/c21-16-2-1-3-17(19(16)22)26-10-8-25(9-11-26)7-5-14-12-15(13-14)24-20(27)18-4-6-23-28-18/h1-4,6,14-15H,5,7-13H2,(H,24,27). The Bertz CT molecular complexity index is 803. The summed E-state index contributed by atoms with van der Waals surface area (Å²) < 4.78 is 3.98. The first-order valence-corrected chi connectivity index (χ1v) is 11.3. The molecule has 1 aromatic carbocycles. The minimum absolute atomic E-state index is 0.0155. The molecule has 1 aromatic heterocycles. The van der Waals surface area contributed by atoms with Crippen molar-refractivity contribution in [2.24, 2.45) is 5.92 Å². The number of hydrogen-bond acceptors (Lipinski definition) is 5. The van der Waals surface area contributed by atoms with E-state index in [1.54, 1.807) is 12.3 Å². The third-order valence-electron chi connectivity index (χ3n) is 5.73. The van der Waals surface area contributed by atoms with Crippen LogP contribution >= 0.6 is 34.7 Å². The predicted octanol–water partition coefficient (Wildman–Crippen LogP) is 4.17. The third-order valence-corrected chi connectivity index (χ3v) is 7.28. The second kappa shape index (κ2) is 8.99. The van der Waals surface area contributed by atoms with Crippen molar-refractivity contribution in [2.75, 3.05) is 37.6 Å². The highest BCUT2D eigenvalue weighted by Crippen LogP contribution is 2.33. The Labute approximate surface area is 179 Å². The van der Waals surface area contributed by atoms with Gasteiger partial charge in [0, 0.05) is 38.4 Å². The number of hydrogen-bond donors (Lipinski definition) is 1. The maximum Gasteiger partial charge on any atom is 0.263 e. The van der Waals surface area contributed by atoms with Crippen molar-refractivity contribution < 1.29 is 4.79 Å². The summed E-state index contributed by atoms with van der Waals surface area (Å²) in [5, 5.41) is 4.37. The van der Waals surface area contributed by atoms with E-state index >= 15 is 0 Å². The van der Waals surface area contributed by atoms with Crippen LogP contribution in [0, 0.1) is 5.92 Å². The van der Waals surface area contributed by atoms with Crippen LogP contribution in [0.25, 0.3) is 0 Å². The van der Waals surface area contributed by atoms with Crippen LogP contribution in [0.5, 0.6) is 0 Å². The minimum atomic E-state index is 0.0155. The van der Waals surface area contributed by atoms with Gasteiger partial charge in [-0.05, 0) is 61.5 Å². The number of amides is 1. The molecule has 0 radical (unpaired) electrons. The Morgan fingerprint density at radius 2 is 1.96 bits per heavy atom. The number of nitrogens with one attached hydrogen (secondary N) is 1. The van der Waals surface area contributed by atoms with Gasteiger partial charge in [-0.3, -0.25) is 9.69 Å². The summed E-state index contributed by atoms with van der Waals surface area (Å²) in [6.45, 7) is 5.15. The Hall–Kier alpha value is -1.34. The van der Waals surface area contributed by atoms with E-state index in [1.807, 2.05) is 18.2 Å². The molecule has 1 saturated heterocycles. The molecule has 2 fully saturated rings. The van der Waals surface area contributed by atoms with E-state index in [1.165, 1.54) is 18.0 Å². The highest BCUT2D eigenvalue weighted by Gasteiger charge is 2.31. The molecule has 2 aliphatic rings. The molecule has 1 aliphatic heterocycles. The summed E-state index contributed by atoms with van der Waals surface area (Å²) in [6, 6.07) is 7.92. The molecule has 0 unspecified atom stereocenters. The molecule has 5 nitrogen and oxygen atoms in total. The topological polar surface area (TPSA) is 48.5 Å². The van der Waals surface area contributed by atoms with Crippen LogP contribution in [0.4, 0.5) is 5.69 Å². The molecule has 1 amide bonds. The van der Waals surface area contributed by atoms with Crippen molar-refractivity contribution in [3.05, 3.63) is 45.4 Å². The average Bonchev–Trinajstić information content (AvgIpc) is 3.21. The van der Waals surface area contributed by atoms with Crippen LogP contribution in [-0.4, -0.2) is 53.9 Å². The van der Waals surface area contributed by atoms with Crippen molar-refractivity contribution in [3.63, 3.8) is 0 Å². The number of benzene rings is 1. The third kappa shape index (κ3) is 4.62. The van der Waals surface area contributed by atoms with E-state index in [0.717, 1.165) is 51.3 Å². The summed E-state index contributed by atoms with van der Waals surface area (Å²) in [4.78, 5) is 17.6. The second-order valence-corrected chi connectivity index (χ2v) is 9.19. The van der Waals surface area contributed by atoms with Gasteiger partial charge in [0.1, 0.15) is 4.88 Å². The van der Waals surface area contributed by atoms with Crippen LogP contribution in [0.3, 0.4) is 0 Å². The lowest BCUT2D eigenvalue weighted by molar-refractivity contribution is 0.0881. The van der Waals surface area contributed by atoms with Crippen LogP contribution in [-0.2, 0) is 0 Å². The zero-order valence-corrected chi connectivity index (χ0v) is 17.9. The first kappa shape index (κ1) is 20.0. The fraction of sp³-hybridized carbons (Fsp3) is 0.500. The number of carbonyl (C=O) groups is 1. The molecular formula is C20H24Cl2N4OS. The number of piperazine rings is 1. The van der Waals surface area contributed by atoms with Crippen LogP contribution in [0.2, 0.25) is 10.0 Å². The fourth-order valence-electron chi connectivity index (χ4n) is 3.99. The first-order valence-electron chi connectivity index (χ1n) is 9.73. The van der Waals surface area contributed by atoms with Crippen molar-refractivity contribution >= 4 is 46.3 Å². The zero-order chi connectivity index (χ0) is 19.5. The lowest BCUT2D eigenvalue weighted by Crippen LogP contribution is -2.48. The molecule has 2 aromatic rings. The van der Waals surface area contributed by atoms with Gasteiger partial charge >= 0.3 is 0 Å². The van der Waals surface area contributed by atoms with Crippen LogP contribution < -0.4 is 10.2 Å². The lowest BCUT2D eigenvalue weighted by Gasteiger charge is -2.39. The largest absolute Gasteiger partial charge is 0.368 e. The molecule has 4 rings (SSSR count). The molecule has 1 N–H and O–H groups in total. The average molecular weight is 439 g/mol. The molecule has 0 spiro atoms. The van der Waals surface area contributed by atoms with Crippen molar-refractivity contribution in [3.8, 4) is 0 Å². The molecule has 150 valence electrons. The molecule has 0 atom stereocenters. The van der Waals surface area contributed by atoms with Crippen LogP contribution in [0.1, 0.15) is 28.9 Å². The zero-order valence-electron chi connectivity index (χ0n) is 15.6. The van der Waals surface area contributed by atoms with Gasteiger partial charge in [-0.15, -0.1) is 0 Å². The summed E-state index contributed by atoms with van der Waals surface area (Å²) in [5.74, 6) is 0.730. The van der Waals surface area contributed by atoms with E-state index in [9.17, 15) is 4.79 Å². The second-order valence-electron chi connectivity index (χ2n) is 7.57. The summed E-state index contributed by atoms with van der Waals surface area (Å²) in [6.07, 6.45) is 5.04. The molecule has 8 heteroatoms. The molecule has 0 bridgehead atoms. The van der Waals surface area contributed by atoms with Gasteiger partial charge in [0.25, 0.3) is 5.91 Å². The highest BCUT2D eigenvalue weighted by atomic mass is 35.5. The van der Waals surface area contributed by atoms with Gasteiger partial charge in [-0.25, -0.2) is 4.37 Å². The number of halogens is 2. The Morgan fingerprint density at radius 3 is 2.68 bits per heavy atom. The molecule has 28 heavy (non-hydrogen) atoms. The molecule has 2 heterocycles. The Balaban J connectivity index is 1.15. The van der Waals surface area contributed by atoms with Gasteiger partial charge in [-0.2, -0.15) is 0 Å². The van der Waals surface area contributed by atoms with E-state index < -0.39 is 0 Å². The van der Waals surface area contributed by atoms with Crippen molar-refractivity contribution in [1.29, 1.82) is 0 Å². The fourth-order valence-corrected chi connectivity index (χ4v) is 4.91. The summed E-state index contributed by atoms with van der Waals surface area (Å²) >= 11 is 13.7. The maximum atomic E-state index is 12.0. The SMILES string of the molecule is O=C(NC1CC(CCN2CCN(c3cccc(Cl)c3Cl)CC2)C1)c1ccns1. The first-order chi connectivity index (χ1) is 13.6. The number of rotatable bonds is 6. The predicted molar refractivity (Wildman–Crippen MR) is 116 cm³/mol. The smallest absolute Gasteiger partial charge is 0.263 e. The molecular weight excluding hydrogens is 415 g/mol. The highest BCUT2D eigenvalue weighted by molar-refractivity contribution is 7.08. The van der Waals surface area contributed by atoms with Gasteiger partial charge in [-0.1, -0.05) is 29.3 Å². The Kier molecular flexibility index (Phi) is 6.41. The van der Waals surface area contributed by atoms with Gasteiger partial charge in [0.15, 0.2) is 0 Å². The van der Waals surface area contributed by atoms with Crippen molar-refractivity contribution in [2.45, 2.75) is 25.3 Å². The monoisotopic (exact) mass is 438 g/mol.